The van der Waals surface area contributed by atoms with Gasteiger partial charge in [0.1, 0.15) is 0 Å². The van der Waals surface area contributed by atoms with E-state index < -0.39 is 0 Å². The van der Waals surface area contributed by atoms with Crippen molar-refractivity contribution in [2.75, 3.05) is 0 Å². The molecule has 0 aromatic rings. The molecule has 0 saturated carbocycles. The van der Waals surface area contributed by atoms with E-state index in [9.17, 15) is 0 Å². The van der Waals surface area contributed by atoms with Crippen LogP contribution in [0.3, 0.4) is 0 Å². The average molecular weight is 133 g/mol. The molecule has 0 aromatic heterocycles. The van der Waals surface area contributed by atoms with Gasteiger partial charge in [0.05, 0.1) is 0 Å². The fraction of sp³-hybridized carbons (Fsp3) is 0.400. The van der Waals surface area contributed by atoms with E-state index in [1.165, 1.54) is 12.8 Å². The molecule has 0 aromatic carbocycles. The van der Waals surface area contributed by atoms with E-state index in [-0.39, 0.29) is 0 Å². The summed E-state index contributed by atoms with van der Waals surface area (Å²) in [4.78, 5) is 0. The minimum atomic E-state index is 1.13. The molecule has 10 heavy (non-hydrogen) atoms. The van der Waals surface area contributed by atoms with Crippen LogP contribution in [0.2, 0.25) is 0 Å². The van der Waals surface area contributed by atoms with Gasteiger partial charge in [0.25, 0.3) is 0 Å². The van der Waals surface area contributed by atoms with Crippen LogP contribution in [0.25, 0.3) is 0 Å². The quantitative estimate of drug-likeness (QED) is 0.445. The van der Waals surface area contributed by atoms with Crippen LogP contribution < -0.4 is 0 Å². The highest BCUT2D eigenvalue weighted by Crippen LogP contribution is 1.99. The second-order valence-corrected chi connectivity index (χ2v) is 2.40. The molecule has 0 amide bonds. The van der Waals surface area contributed by atoms with E-state index in [1.807, 2.05) is 6.08 Å². The Morgan fingerprint density at radius 2 is 1.50 bits per heavy atom. The summed E-state index contributed by atoms with van der Waals surface area (Å²) in [5.41, 5.74) is 0. The van der Waals surface area contributed by atoms with Crippen molar-refractivity contribution in [2.45, 2.75) is 25.7 Å². The fourth-order valence-corrected chi connectivity index (χ4v) is 0.910. The van der Waals surface area contributed by atoms with Crippen molar-refractivity contribution >= 4 is 0 Å². The van der Waals surface area contributed by atoms with Crippen molar-refractivity contribution in [3.8, 4) is 0 Å². The Morgan fingerprint density at radius 3 is 2.40 bits per heavy atom. The highest BCUT2D eigenvalue weighted by molar-refractivity contribution is 4.98. The molecule has 0 atom stereocenters. The minimum Gasteiger partial charge on any atom is -0.0882 e. The molecule has 1 radical (unpaired) electrons. The Hall–Kier alpha value is -0.780. The lowest BCUT2D eigenvalue weighted by Gasteiger charge is -1.89. The molecule has 0 unspecified atom stereocenters. The Balaban J connectivity index is 2.38. The van der Waals surface area contributed by atoms with E-state index in [4.69, 9.17) is 0 Å². The zero-order chi connectivity index (χ0) is 7.07. The molecule has 0 nitrogen and oxygen atoms in total. The van der Waals surface area contributed by atoms with Crippen LogP contribution in [0.4, 0.5) is 0 Å². The highest BCUT2D eigenvalue weighted by Gasteiger charge is 1.80. The zero-order valence-corrected chi connectivity index (χ0v) is 6.22. The van der Waals surface area contributed by atoms with Gasteiger partial charge in [0.15, 0.2) is 0 Å². The molecule has 0 heteroatoms. The van der Waals surface area contributed by atoms with Gasteiger partial charge in [0.2, 0.25) is 0 Å². The molecule has 53 valence electrons. The third-order valence-electron chi connectivity index (χ3n) is 1.48. The number of hydrogen-bond donors (Lipinski definition) is 0. The molecule has 0 bridgehead atoms. The van der Waals surface area contributed by atoms with E-state index in [2.05, 4.69) is 30.4 Å². The lowest BCUT2D eigenvalue weighted by atomic mass is 10.2. The summed E-state index contributed by atoms with van der Waals surface area (Å²) < 4.78 is 0. The van der Waals surface area contributed by atoms with Crippen LogP contribution in [0.1, 0.15) is 25.7 Å². The Kier molecular flexibility index (Phi) is 3.69. The van der Waals surface area contributed by atoms with Crippen LogP contribution in [-0.4, -0.2) is 0 Å². The van der Waals surface area contributed by atoms with Crippen molar-refractivity contribution in [2.24, 2.45) is 0 Å². The first-order valence-electron chi connectivity index (χ1n) is 3.88. The van der Waals surface area contributed by atoms with Gasteiger partial charge < -0.3 is 0 Å². The molecule has 0 heterocycles. The molecule has 1 aliphatic carbocycles. The van der Waals surface area contributed by atoms with Gasteiger partial charge in [-0.25, -0.2) is 0 Å². The first-order valence-corrected chi connectivity index (χ1v) is 3.88. The second-order valence-electron chi connectivity index (χ2n) is 2.40. The maximum atomic E-state index is 3.12. The zero-order valence-electron chi connectivity index (χ0n) is 6.22. The van der Waals surface area contributed by atoms with Crippen LogP contribution in [0.5, 0.6) is 0 Å². The first kappa shape index (κ1) is 7.33. The SMILES string of the molecule is [C]1=CCCC=CCCC=C1. The summed E-state index contributed by atoms with van der Waals surface area (Å²) in [6, 6.07) is 0. The molecular formula is C10H13. The molecule has 0 saturated heterocycles. The van der Waals surface area contributed by atoms with Gasteiger partial charge in [-0.1, -0.05) is 30.4 Å². The number of allylic oxidation sites excluding steroid dienone is 6. The number of rotatable bonds is 0. The highest BCUT2D eigenvalue weighted by atomic mass is 13.9. The first-order chi connectivity index (χ1) is 5.00. The normalized spacial score (nSPS) is 19.2. The maximum absolute atomic E-state index is 3.12. The molecule has 1 aliphatic rings. The summed E-state index contributed by atoms with van der Waals surface area (Å²) in [5, 5.41) is 0. The van der Waals surface area contributed by atoms with Crippen molar-refractivity contribution < 1.29 is 0 Å². The van der Waals surface area contributed by atoms with Crippen molar-refractivity contribution in [1.29, 1.82) is 0 Å². The number of hydrogen-bond acceptors (Lipinski definition) is 0. The second kappa shape index (κ2) is 5.04. The van der Waals surface area contributed by atoms with Crippen molar-refractivity contribution in [3.05, 3.63) is 36.5 Å². The van der Waals surface area contributed by atoms with Gasteiger partial charge in [-0.2, -0.15) is 0 Å². The van der Waals surface area contributed by atoms with E-state index >= 15 is 0 Å². The molecule has 0 spiro atoms. The fourth-order valence-electron chi connectivity index (χ4n) is 0.910. The largest absolute Gasteiger partial charge is 0.0882 e. The third-order valence-corrected chi connectivity index (χ3v) is 1.48. The van der Waals surface area contributed by atoms with E-state index in [0.717, 1.165) is 12.8 Å². The van der Waals surface area contributed by atoms with Crippen LogP contribution in [-0.2, 0) is 0 Å². The summed E-state index contributed by atoms with van der Waals surface area (Å²) >= 11 is 0. The Bertz CT molecular complexity index is 131. The van der Waals surface area contributed by atoms with Gasteiger partial charge in [0, 0.05) is 0 Å². The standard InChI is InChI=1S/C10H13/c1-2-4-6-8-10-9-7-5-3-1/h1-2,7-9H,3-6H2. The molecule has 1 rings (SSSR count). The van der Waals surface area contributed by atoms with Gasteiger partial charge in [-0.3, -0.25) is 0 Å². The Morgan fingerprint density at radius 1 is 0.800 bits per heavy atom. The third kappa shape index (κ3) is 3.29. The average Bonchev–Trinajstić information content (AvgIpc) is 2.01. The minimum absolute atomic E-state index is 1.13. The molecular weight excluding hydrogens is 120 g/mol. The van der Waals surface area contributed by atoms with Crippen LogP contribution in [0, 0.1) is 6.08 Å². The summed E-state index contributed by atoms with van der Waals surface area (Å²) in [7, 11) is 0. The molecule has 0 aliphatic heterocycles. The summed E-state index contributed by atoms with van der Waals surface area (Å²) in [6.45, 7) is 0. The maximum Gasteiger partial charge on any atom is -0.0230 e. The lowest BCUT2D eigenvalue weighted by Crippen LogP contribution is -1.70. The van der Waals surface area contributed by atoms with Gasteiger partial charge in [-0.05, 0) is 31.8 Å². The van der Waals surface area contributed by atoms with Crippen LogP contribution in [0.15, 0.2) is 30.4 Å². The van der Waals surface area contributed by atoms with Crippen molar-refractivity contribution in [1.82, 2.24) is 0 Å². The van der Waals surface area contributed by atoms with Crippen molar-refractivity contribution in [3.63, 3.8) is 0 Å². The Labute approximate surface area is 62.9 Å². The summed E-state index contributed by atoms with van der Waals surface area (Å²) in [5.74, 6) is 0. The van der Waals surface area contributed by atoms with E-state index in [1.54, 1.807) is 0 Å². The van der Waals surface area contributed by atoms with Crippen LogP contribution >= 0.6 is 0 Å². The van der Waals surface area contributed by atoms with Gasteiger partial charge in [-0.15, -0.1) is 0 Å². The monoisotopic (exact) mass is 133 g/mol. The predicted octanol–water partition coefficient (Wildman–Crippen LogP) is 3.03. The summed E-state index contributed by atoms with van der Waals surface area (Å²) in [6.07, 6.45) is 18.5. The topological polar surface area (TPSA) is 0 Å². The van der Waals surface area contributed by atoms with E-state index in [0.29, 0.717) is 0 Å². The lowest BCUT2D eigenvalue weighted by molar-refractivity contribution is 0.995. The molecule has 0 fully saturated rings. The smallest absolute Gasteiger partial charge is 0.0230 e. The predicted molar refractivity (Wildman–Crippen MR) is 44.6 cm³/mol. The van der Waals surface area contributed by atoms with Gasteiger partial charge >= 0.3 is 0 Å². The molecule has 0 N–H and O–H groups in total.